The Morgan fingerprint density at radius 2 is 1.25 bits per heavy atom. The van der Waals surface area contributed by atoms with Gasteiger partial charge in [-0.1, -0.05) is 78.9 Å². The van der Waals surface area contributed by atoms with Crippen molar-refractivity contribution in [1.29, 1.82) is 0 Å². The lowest BCUT2D eigenvalue weighted by atomic mass is 10.0. The summed E-state index contributed by atoms with van der Waals surface area (Å²) in [6.07, 6.45) is 0. The molecule has 0 atom stereocenters. The fraction of sp³-hybridized carbons (Fsp3) is 0.0385. The zero-order chi connectivity index (χ0) is 18.9. The number of pyridine rings is 1. The highest BCUT2D eigenvalue weighted by Gasteiger charge is 2.14. The molecule has 0 unspecified atom stereocenters. The number of aromatic nitrogens is 1. The Morgan fingerprint density at radius 3 is 2.00 bits per heavy atom. The second-order valence-electron chi connectivity index (χ2n) is 6.92. The van der Waals surface area contributed by atoms with Gasteiger partial charge in [-0.25, -0.2) is 4.98 Å². The molecule has 5 rings (SSSR count). The molecule has 0 N–H and O–H groups in total. The summed E-state index contributed by atoms with van der Waals surface area (Å²) in [4.78, 5) is 4.82. The van der Waals surface area contributed by atoms with Crippen LogP contribution in [0.25, 0.3) is 44.8 Å². The van der Waals surface area contributed by atoms with Crippen LogP contribution in [0.15, 0.2) is 101 Å². The standard InChI is InChI=1S/C26H19NO/c1-18-23-15-16-24(27-26(23)28-25(18)20-11-6-3-7-12-20)22-14-8-13-21(17-22)19-9-4-2-5-10-19/h2-17H,1H3. The van der Waals surface area contributed by atoms with E-state index in [0.29, 0.717) is 5.71 Å². The number of aryl methyl sites for hydroxylation is 1. The molecule has 0 bridgehead atoms. The van der Waals surface area contributed by atoms with Gasteiger partial charge in [0.1, 0.15) is 5.76 Å². The van der Waals surface area contributed by atoms with Crippen molar-refractivity contribution in [2.45, 2.75) is 6.92 Å². The first-order valence-corrected chi connectivity index (χ1v) is 9.41. The molecular formula is C26H19NO. The van der Waals surface area contributed by atoms with Crippen LogP contribution in [0, 0.1) is 6.92 Å². The summed E-state index contributed by atoms with van der Waals surface area (Å²) in [6, 6.07) is 33.2. The molecule has 2 aromatic heterocycles. The fourth-order valence-corrected chi connectivity index (χ4v) is 3.61. The molecule has 0 radical (unpaired) electrons. The highest BCUT2D eigenvalue weighted by molar-refractivity contribution is 5.87. The number of fused-ring (bicyclic) bond motifs is 1. The van der Waals surface area contributed by atoms with Gasteiger partial charge in [0.05, 0.1) is 5.69 Å². The largest absolute Gasteiger partial charge is 0.437 e. The third-order valence-electron chi connectivity index (χ3n) is 5.11. The van der Waals surface area contributed by atoms with E-state index in [0.717, 1.165) is 33.5 Å². The summed E-state index contributed by atoms with van der Waals surface area (Å²) < 4.78 is 6.15. The minimum Gasteiger partial charge on any atom is -0.437 e. The van der Waals surface area contributed by atoms with Gasteiger partial charge in [-0.2, -0.15) is 0 Å². The highest BCUT2D eigenvalue weighted by Crippen LogP contribution is 2.34. The Hall–Kier alpha value is -3.65. The van der Waals surface area contributed by atoms with E-state index in [-0.39, 0.29) is 0 Å². The molecule has 0 fully saturated rings. The number of nitrogens with zero attached hydrogens (tertiary/aromatic N) is 1. The number of hydrogen-bond donors (Lipinski definition) is 0. The number of benzene rings is 3. The van der Waals surface area contributed by atoms with Crippen molar-refractivity contribution in [2.24, 2.45) is 0 Å². The van der Waals surface area contributed by atoms with Crippen LogP contribution in [0.4, 0.5) is 0 Å². The second kappa shape index (κ2) is 6.82. The molecule has 0 aliphatic carbocycles. The summed E-state index contributed by atoms with van der Waals surface area (Å²) in [5.41, 5.74) is 7.26. The number of furan rings is 1. The lowest BCUT2D eigenvalue weighted by Crippen LogP contribution is -1.85. The minimum absolute atomic E-state index is 0.680. The van der Waals surface area contributed by atoms with Crippen LogP contribution in [0.2, 0.25) is 0 Å². The molecule has 5 aromatic rings. The van der Waals surface area contributed by atoms with Crippen molar-refractivity contribution in [3.63, 3.8) is 0 Å². The van der Waals surface area contributed by atoms with E-state index in [9.17, 15) is 0 Å². The van der Waals surface area contributed by atoms with Crippen LogP contribution in [0.5, 0.6) is 0 Å². The maximum Gasteiger partial charge on any atom is 0.227 e. The van der Waals surface area contributed by atoms with Crippen LogP contribution in [-0.2, 0) is 0 Å². The van der Waals surface area contributed by atoms with Gasteiger partial charge >= 0.3 is 0 Å². The van der Waals surface area contributed by atoms with Crippen LogP contribution in [-0.4, -0.2) is 4.98 Å². The Bertz CT molecular complexity index is 1250. The predicted molar refractivity (Wildman–Crippen MR) is 115 cm³/mol. The van der Waals surface area contributed by atoms with Gasteiger partial charge in [0.25, 0.3) is 0 Å². The van der Waals surface area contributed by atoms with Crippen molar-refractivity contribution in [2.75, 3.05) is 0 Å². The van der Waals surface area contributed by atoms with Crippen molar-refractivity contribution in [3.05, 3.63) is 103 Å². The molecule has 0 aliphatic heterocycles. The van der Waals surface area contributed by atoms with Gasteiger partial charge in [-0.3, -0.25) is 0 Å². The van der Waals surface area contributed by atoms with Gasteiger partial charge in [0.15, 0.2) is 0 Å². The van der Waals surface area contributed by atoms with Gasteiger partial charge in [-0.15, -0.1) is 0 Å². The average molecular weight is 361 g/mol. The molecule has 2 heteroatoms. The molecule has 0 saturated heterocycles. The van der Waals surface area contributed by atoms with Crippen LogP contribution >= 0.6 is 0 Å². The van der Waals surface area contributed by atoms with E-state index < -0.39 is 0 Å². The number of hydrogen-bond acceptors (Lipinski definition) is 2. The maximum atomic E-state index is 6.15. The number of rotatable bonds is 3. The third kappa shape index (κ3) is 2.89. The molecule has 2 nitrogen and oxygen atoms in total. The van der Waals surface area contributed by atoms with Gasteiger partial charge in [0.2, 0.25) is 5.71 Å². The summed E-state index contributed by atoms with van der Waals surface area (Å²) in [5.74, 6) is 0.887. The first kappa shape index (κ1) is 16.5. The monoisotopic (exact) mass is 361 g/mol. The van der Waals surface area contributed by atoms with E-state index in [4.69, 9.17) is 9.40 Å². The predicted octanol–water partition coefficient (Wildman–Crippen LogP) is 7.14. The van der Waals surface area contributed by atoms with E-state index in [2.05, 4.69) is 79.7 Å². The molecule has 2 heterocycles. The van der Waals surface area contributed by atoms with E-state index in [1.165, 1.54) is 11.1 Å². The zero-order valence-corrected chi connectivity index (χ0v) is 15.6. The normalized spacial score (nSPS) is 11.0. The minimum atomic E-state index is 0.680. The van der Waals surface area contributed by atoms with Crippen molar-refractivity contribution < 1.29 is 4.42 Å². The SMILES string of the molecule is Cc1c(-c2ccccc2)oc2nc(-c3cccc(-c4ccccc4)c3)ccc12. The molecule has 134 valence electrons. The molecule has 0 amide bonds. The highest BCUT2D eigenvalue weighted by atomic mass is 16.3. The van der Waals surface area contributed by atoms with E-state index in [1.54, 1.807) is 0 Å². The Morgan fingerprint density at radius 1 is 0.607 bits per heavy atom. The summed E-state index contributed by atoms with van der Waals surface area (Å²) in [5, 5.41) is 1.06. The maximum absolute atomic E-state index is 6.15. The molecule has 28 heavy (non-hydrogen) atoms. The van der Waals surface area contributed by atoms with E-state index in [1.807, 2.05) is 24.3 Å². The quantitative estimate of drug-likeness (QED) is 0.341. The third-order valence-corrected chi connectivity index (χ3v) is 5.11. The average Bonchev–Trinajstić information content (AvgIpc) is 3.11. The zero-order valence-electron chi connectivity index (χ0n) is 15.6. The Kier molecular flexibility index (Phi) is 4.02. The van der Waals surface area contributed by atoms with Crippen molar-refractivity contribution in [1.82, 2.24) is 4.98 Å². The second-order valence-corrected chi connectivity index (χ2v) is 6.92. The smallest absolute Gasteiger partial charge is 0.227 e. The van der Waals surface area contributed by atoms with Crippen LogP contribution < -0.4 is 0 Å². The van der Waals surface area contributed by atoms with Crippen LogP contribution in [0.3, 0.4) is 0 Å². The van der Waals surface area contributed by atoms with Gasteiger partial charge in [0, 0.05) is 22.1 Å². The topological polar surface area (TPSA) is 26.0 Å². The molecule has 0 spiro atoms. The fourth-order valence-electron chi connectivity index (χ4n) is 3.61. The first-order chi connectivity index (χ1) is 13.8. The Balaban J connectivity index is 1.59. The van der Waals surface area contributed by atoms with Gasteiger partial charge in [-0.05, 0) is 36.2 Å². The first-order valence-electron chi connectivity index (χ1n) is 9.41. The Labute approximate surface area is 164 Å². The molecule has 3 aromatic carbocycles. The lowest BCUT2D eigenvalue weighted by molar-refractivity contribution is 0.617. The van der Waals surface area contributed by atoms with Crippen molar-refractivity contribution >= 4 is 11.1 Å². The summed E-state index contributed by atoms with van der Waals surface area (Å²) in [6.45, 7) is 2.09. The van der Waals surface area contributed by atoms with Crippen molar-refractivity contribution in [3.8, 4) is 33.7 Å². The lowest BCUT2D eigenvalue weighted by Gasteiger charge is -2.05. The van der Waals surface area contributed by atoms with E-state index >= 15 is 0 Å². The van der Waals surface area contributed by atoms with Crippen LogP contribution in [0.1, 0.15) is 5.56 Å². The molecule has 0 saturated carbocycles. The van der Waals surface area contributed by atoms with Gasteiger partial charge < -0.3 is 4.42 Å². The molecular weight excluding hydrogens is 342 g/mol. The summed E-state index contributed by atoms with van der Waals surface area (Å²) >= 11 is 0. The summed E-state index contributed by atoms with van der Waals surface area (Å²) in [7, 11) is 0. The molecule has 0 aliphatic rings.